The highest BCUT2D eigenvalue weighted by Gasteiger charge is 2.42. The van der Waals surface area contributed by atoms with Gasteiger partial charge in [0.05, 0.1) is 12.2 Å². The fraction of sp³-hybridized carbons (Fsp3) is 0.647. The van der Waals surface area contributed by atoms with Crippen LogP contribution in [0.4, 0.5) is 0 Å². The predicted octanol–water partition coefficient (Wildman–Crippen LogP) is 1.89. The van der Waals surface area contributed by atoms with Gasteiger partial charge in [-0.05, 0) is 32.3 Å². The third-order valence-corrected chi connectivity index (χ3v) is 5.91. The first-order valence-corrected chi connectivity index (χ1v) is 9.14. The number of carbonyl (C=O) groups is 2. The molecular weight excluding hydrogens is 312 g/mol. The molecule has 1 atom stereocenters. The quantitative estimate of drug-likeness (QED) is 0.917. The molecule has 2 aliphatic heterocycles. The highest BCUT2D eigenvalue weighted by atomic mass is 32.1. The van der Waals surface area contributed by atoms with Crippen LogP contribution >= 0.6 is 11.3 Å². The molecule has 1 spiro atoms. The van der Waals surface area contributed by atoms with Gasteiger partial charge < -0.3 is 14.9 Å². The van der Waals surface area contributed by atoms with Crippen molar-refractivity contribution in [2.75, 3.05) is 32.8 Å². The largest absolute Gasteiger partial charge is 0.395 e. The first-order valence-electron chi connectivity index (χ1n) is 8.26. The maximum Gasteiger partial charge on any atom is 0.254 e. The summed E-state index contributed by atoms with van der Waals surface area (Å²) in [4.78, 5) is 29.6. The molecule has 2 aliphatic rings. The zero-order chi connectivity index (χ0) is 16.4. The number of β-amino-alcohol motifs (C(OH)–C–C–N with tert-alkyl or cyclic N) is 1. The Labute approximate surface area is 140 Å². The lowest BCUT2D eigenvalue weighted by Gasteiger charge is -2.48. The fourth-order valence-corrected chi connectivity index (χ4v) is 4.56. The van der Waals surface area contributed by atoms with Gasteiger partial charge in [-0.25, -0.2) is 0 Å². The van der Waals surface area contributed by atoms with Gasteiger partial charge in [0.25, 0.3) is 5.91 Å². The molecule has 6 heteroatoms. The molecule has 23 heavy (non-hydrogen) atoms. The molecule has 0 aliphatic carbocycles. The van der Waals surface area contributed by atoms with Crippen LogP contribution in [-0.2, 0) is 4.79 Å². The number of likely N-dealkylation sites (tertiary alicyclic amines) is 2. The number of aliphatic hydroxyl groups is 1. The monoisotopic (exact) mass is 336 g/mol. The summed E-state index contributed by atoms with van der Waals surface area (Å²) in [7, 11) is 0. The molecule has 3 rings (SSSR count). The van der Waals surface area contributed by atoms with Crippen LogP contribution < -0.4 is 0 Å². The van der Waals surface area contributed by atoms with Gasteiger partial charge in [-0.3, -0.25) is 9.59 Å². The van der Waals surface area contributed by atoms with E-state index in [0.29, 0.717) is 19.5 Å². The van der Waals surface area contributed by atoms with E-state index in [4.69, 9.17) is 5.11 Å². The van der Waals surface area contributed by atoms with Crippen molar-refractivity contribution in [2.24, 2.45) is 5.41 Å². The highest BCUT2D eigenvalue weighted by molar-refractivity contribution is 7.10. The van der Waals surface area contributed by atoms with E-state index in [1.165, 1.54) is 0 Å². The van der Waals surface area contributed by atoms with Crippen molar-refractivity contribution < 1.29 is 14.7 Å². The molecule has 2 fully saturated rings. The molecule has 0 radical (unpaired) electrons. The summed E-state index contributed by atoms with van der Waals surface area (Å²) in [5.41, 5.74) is 0.783. The van der Waals surface area contributed by atoms with E-state index < -0.39 is 0 Å². The van der Waals surface area contributed by atoms with Crippen molar-refractivity contribution in [1.82, 2.24) is 9.80 Å². The SMILES string of the molecule is Cc1cc(C(=O)N2CCC[C@@]3(CCC(=O)N(CCO)C3)C2)cs1. The minimum atomic E-state index is -0.00134. The van der Waals surface area contributed by atoms with Crippen molar-refractivity contribution >= 4 is 23.2 Å². The Kier molecular flexibility index (Phi) is 4.73. The lowest BCUT2D eigenvalue weighted by molar-refractivity contribution is -0.139. The molecule has 0 saturated carbocycles. The first kappa shape index (κ1) is 16.5. The average molecular weight is 336 g/mol. The van der Waals surface area contributed by atoms with Crippen molar-refractivity contribution in [1.29, 1.82) is 0 Å². The second-order valence-electron chi connectivity index (χ2n) is 6.82. The number of carbonyl (C=O) groups excluding carboxylic acids is 2. The van der Waals surface area contributed by atoms with Gasteiger partial charge in [-0.1, -0.05) is 0 Å². The van der Waals surface area contributed by atoms with E-state index in [1.54, 1.807) is 16.2 Å². The van der Waals surface area contributed by atoms with Gasteiger partial charge in [0.1, 0.15) is 0 Å². The zero-order valence-corrected chi connectivity index (χ0v) is 14.4. The molecule has 0 aromatic carbocycles. The molecule has 2 amide bonds. The Bertz CT molecular complexity index is 600. The lowest BCUT2D eigenvalue weighted by Crippen LogP contribution is -2.55. The third kappa shape index (κ3) is 3.43. The van der Waals surface area contributed by atoms with Gasteiger partial charge in [0, 0.05) is 48.3 Å². The second-order valence-corrected chi connectivity index (χ2v) is 7.93. The third-order valence-electron chi connectivity index (χ3n) is 5.04. The molecule has 3 heterocycles. The Hall–Kier alpha value is -1.40. The number of amides is 2. The highest BCUT2D eigenvalue weighted by Crippen LogP contribution is 2.39. The van der Waals surface area contributed by atoms with Gasteiger partial charge in [0.2, 0.25) is 5.91 Å². The Morgan fingerprint density at radius 1 is 1.39 bits per heavy atom. The summed E-state index contributed by atoms with van der Waals surface area (Å²) in [6, 6.07) is 1.96. The molecule has 2 saturated heterocycles. The van der Waals surface area contributed by atoms with E-state index in [1.807, 2.05) is 23.3 Å². The topological polar surface area (TPSA) is 60.9 Å². The number of thiophene rings is 1. The molecular formula is C17H24N2O3S. The van der Waals surface area contributed by atoms with Crippen LogP contribution in [0.2, 0.25) is 0 Å². The molecule has 126 valence electrons. The molecule has 5 nitrogen and oxygen atoms in total. The summed E-state index contributed by atoms with van der Waals surface area (Å²) < 4.78 is 0. The summed E-state index contributed by atoms with van der Waals surface area (Å²) >= 11 is 1.60. The standard InChI is InChI=1S/C17H24N2O3S/c1-13-9-14(10-23-13)16(22)19-6-2-4-17(12-19)5-3-15(21)18(11-17)7-8-20/h9-10,20H,2-8,11-12H2,1H3/t17-/m0/s1. The molecule has 0 bridgehead atoms. The number of hydrogen-bond donors (Lipinski definition) is 1. The van der Waals surface area contributed by atoms with E-state index in [-0.39, 0.29) is 23.8 Å². The van der Waals surface area contributed by atoms with Crippen molar-refractivity contribution in [3.8, 4) is 0 Å². The van der Waals surface area contributed by atoms with Crippen molar-refractivity contribution in [3.05, 3.63) is 21.9 Å². The average Bonchev–Trinajstić information content (AvgIpc) is 2.97. The molecule has 1 aromatic heterocycles. The van der Waals surface area contributed by atoms with Crippen LogP contribution in [-0.4, -0.2) is 59.5 Å². The Balaban J connectivity index is 1.72. The molecule has 0 unspecified atom stereocenters. The van der Waals surface area contributed by atoms with Crippen LogP contribution in [0.1, 0.15) is 40.9 Å². The minimum Gasteiger partial charge on any atom is -0.395 e. The van der Waals surface area contributed by atoms with Crippen molar-refractivity contribution in [2.45, 2.75) is 32.6 Å². The van der Waals surface area contributed by atoms with Gasteiger partial charge in [-0.2, -0.15) is 0 Å². The summed E-state index contributed by atoms with van der Waals surface area (Å²) in [5.74, 6) is 0.237. The summed E-state index contributed by atoms with van der Waals surface area (Å²) in [6.45, 7) is 4.59. The van der Waals surface area contributed by atoms with E-state index in [2.05, 4.69) is 0 Å². The number of rotatable bonds is 3. The van der Waals surface area contributed by atoms with Crippen LogP contribution in [0.5, 0.6) is 0 Å². The zero-order valence-electron chi connectivity index (χ0n) is 13.6. The summed E-state index contributed by atoms with van der Waals surface area (Å²) in [6.07, 6.45) is 3.41. The van der Waals surface area contributed by atoms with E-state index in [0.717, 1.165) is 42.8 Å². The van der Waals surface area contributed by atoms with Gasteiger partial charge >= 0.3 is 0 Å². The van der Waals surface area contributed by atoms with E-state index in [9.17, 15) is 9.59 Å². The number of aliphatic hydroxyl groups excluding tert-OH is 1. The fourth-order valence-electron chi connectivity index (χ4n) is 3.88. The smallest absolute Gasteiger partial charge is 0.254 e. The maximum absolute atomic E-state index is 12.7. The first-order chi connectivity index (χ1) is 11.0. The Morgan fingerprint density at radius 3 is 2.91 bits per heavy atom. The van der Waals surface area contributed by atoms with Crippen LogP contribution in [0.3, 0.4) is 0 Å². The minimum absolute atomic E-state index is 0.00134. The number of hydrogen-bond acceptors (Lipinski definition) is 4. The number of nitrogens with zero attached hydrogens (tertiary/aromatic N) is 2. The Morgan fingerprint density at radius 2 is 2.22 bits per heavy atom. The number of piperidine rings is 2. The predicted molar refractivity (Wildman–Crippen MR) is 89.5 cm³/mol. The van der Waals surface area contributed by atoms with Crippen LogP contribution in [0, 0.1) is 12.3 Å². The van der Waals surface area contributed by atoms with Gasteiger partial charge in [0.15, 0.2) is 0 Å². The molecule has 1 N–H and O–H groups in total. The number of aryl methyl sites for hydroxylation is 1. The van der Waals surface area contributed by atoms with Gasteiger partial charge in [-0.15, -0.1) is 11.3 Å². The van der Waals surface area contributed by atoms with Crippen LogP contribution in [0.25, 0.3) is 0 Å². The van der Waals surface area contributed by atoms with Crippen molar-refractivity contribution in [3.63, 3.8) is 0 Å². The van der Waals surface area contributed by atoms with E-state index >= 15 is 0 Å². The second kappa shape index (κ2) is 6.61. The van der Waals surface area contributed by atoms with Crippen LogP contribution in [0.15, 0.2) is 11.4 Å². The molecule has 1 aromatic rings. The summed E-state index contributed by atoms with van der Waals surface area (Å²) in [5, 5.41) is 11.1. The maximum atomic E-state index is 12.7. The normalized spacial score (nSPS) is 25.2. The lowest BCUT2D eigenvalue weighted by atomic mass is 9.73.